The molecule has 1 rings (SSSR count). The van der Waals surface area contributed by atoms with Gasteiger partial charge in [-0.25, -0.2) is 0 Å². The van der Waals surface area contributed by atoms with E-state index >= 15 is 0 Å². The van der Waals surface area contributed by atoms with Gasteiger partial charge in [-0.1, -0.05) is 34.6 Å². The average Bonchev–Trinajstić information content (AvgIpc) is 2.35. The van der Waals surface area contributed by atoms with Crippen LogP contribution in [0, 0.1) is 5.41 Å². The van der Waals surface area contributed by atoms with Crippen LogP contribution in [-0.2, 0) is 6.54 Å². The van der Waals surface area contributed by atoms with Crippen molar-refractivity contribution in [3.63, 3.8) is 0 Å². The van der Waals surface area contributed by atoms with Gasteiger partial charge in [-0.2, -0.15) is 0 Å². The van der Waals surface area contributed by atoms with Crippen molar-refractivity contribution < 1.29 is 9.47 Å². The van der Waals surface area contributed by atoms with E-state index in [0.717, 1.165) is 36.6 Å². The molecule has 0 aliphatic heterocycles. The summed E-state index contributed by atoms with van der Waals surface area (Å²) in [6, 6.07) is 6.44. The van der Waals surface area contributed by atoms with Crippen LogP contribution in [0.4, 0.5) is 0 Å². The van der Waals surface area contributed by atoms with Crippen molar-refractivity contribution in [3.05, 3.63) is 23.8 Å². The van der Waals surface area contributed by atoms with E-state index < -0.39 is 0 Å². The third kappa shape index (κ3) is 6.29. The molecule has 0 heterocycles. The van der Waals surface area contributed by atoms with Crippen LogP contribution in [0.2, 0.25) is 0 Å². The number of hydrogen-bond donors (Lipinski definition) is 1. The molecular weight excluding hydrogens is 250 g/mol. The summed E-state index contributed by atoms with van der Waals surface area (Å²) in [5, 5.41) is 3.42. The molecule has 114 valence electrons. The van der Waals surface area contributed by atoms with E-state index in [1.165, 1.54) is 0 Å². The maximum Gasteiger partial charge on any atom is 0.124 e. The second-order valence-corrected chi connectivity index (χ2v) is 6.67. The quantitative estimate of drug-likeness (QED) is 0.818. The van der Waals surface area contributed by atoms with Crippen molar-refractivity contribution >= 4 is 0 Å². The van der Waals surface area contributed by atoms with Gasteiger partial charge in [0.1, 0.15) is 11.5 Å². The van der Waals surface area contributed by atoms with Crippen LogP contribution in [0.1, 0.15) is 46.6 Å². The molecular formula is C17H29NO2. The van der Waals surface area contributed by atoms with Crippen LogP contribution in [0.5, 0.6) is 11.5 Å². The topological polar surface area (TPSA) is 30.5 Å². The number of methoxy groups -OCH3 is 1. The summed E-state index contributed by atoms with van der Waals surface area (Å²) in [6.45, 7) is 12.5. The van der Waals surface area contributed by atoms with Crippen molar-refractivity contribution in [1.29, 1.82) is 0 Å². The van der Waals surface area contributed by atoms with Crippen LogP contribution in [-0.4, -0.2) is 19.8 Å². The molecule has 0 aromatic heterocycles. The number of hydrogen-bond acceptors (Lipinski definition) is 3. The molecule has 0 spiro atoms. The lowest BCUT2D eigenvalue weighted by molar-refractivity contribution is 0.240. The van der Waals surface area contributed by atoms with Crippen molar-refractivity contribution in [3.8, 4) is 11.5 Å². The largest absolute Gasteiger partial charge is 0.497 e. The standard InChI is InChI=1S/C17H29NO2/c1-13(2)18-12-14-11-15(19-6)7-8-16(14)20-10-9-17(3,4)5/h7-8,11,13,18H,9-10,12H2,1-6H3. The molecule has 3 nitrogen and oxygen atoms in total. The summed E-state index contributed by atoms with van der Waals surface area (Å²) in [6.07, 6.45) is 1.04. The Hall–Kier alpha value is -1.22. The lowest BCUT2D eigenvalue weighted by Gasteiger charge is -2.20. The molecule has 0 radical (unpaired) electrons. The normalized spacial score (nSPS) is 11.8. The van der Waals surface area contributed by atoms with Gasteiger partial charge in [-0.3, -0.25) is 0 Å². The van der Waals surface area contributed by atoms with Gasteiger partial charge in [0.2, 0.25) is 0 Å². The fourth-order valence-electron chi connectivity index (χ4n) is 1.74. The first-order valence-corrected chi connectivity index (χ1v) is 7.35. The fourth-order valence-corrected chi connectivity index (χ4v) is 1.74. The van der Waals surface area contributed by atoms with Gasteiger partial charge in [-0.15, -0.1) is 0 Å². The first-order valence-electron chi connectivity index (χ1n) is 7.35. The van der Waals surface area contributed by atoms with Crippen molar-refractivity contribution in [2.75, 3.05) is 13.7 Å². The molecule has 20 heavy (non-hydrogen) atoms. The molecule has 0 bridgehead atoms. The number of nitrogens with one attached hydrogen (secondary N) is 1. The summed E-state index contributed by atoms with van der Waals surface area (Å²) >= 11 is 0. The van der Waals surface area contributed by atoms with E-state index in [1.807, 2.05) is 18.2 Å². The molecule has 3 heteroatoms. The van der Waals surface area contributed by atoms with Crippen LogP contribution < -0.4 is 14.8 Å². The Morgan fingerprint density at radius 3 is 2.45 bits per heavy atom. The minimum Gasteiger partial charge on any atom is -0.497 e. The molecule has 1 aromatic rings. The Balaban J connectivity index is 2.72. The van der Waals surface area contributed by atoms with E-state index in [0.29, 0.717) is 11.5 Å². The molecule has 0 amide bonds. The van der Waals surface area contributed by atoms with Crippen LogP contribution in [0.25, 0.3) is 0 Å². The fraction of sp³-hybridized carbons (Fsp3) is 0.647. The van der Waals surface area contributed by atoms with Gasteiger partial charge in [0.15, 0.2) is 0 Å². The highest BCUT2D eigenvalue weighted by Crippen LogP contribution is 2.26. The summed E-state index contributed by atoms with van der Waals surface area (Å²) in [7, 11) is 1.69. The molecule has 0 saturated heterocycles. The summed E-state index contributed by atoms with van der Waals surface area (Å²) in [5.41, 5.74) is 1.44. The van der Waals surface area contributed by atoms with Gasteiger partial charge in [0.05, 0.1) is 13.7 Å². The lowest BCUT2D eigenvalue weighted by Crippen LogP contribution is -2.22. The van der Waals surface area contributed by atoms with Crippen LogP contribution >= 0.6 is 0 Å². The number of benzene rings is 1. The molecule has 1 aromatic carbocycles. The Bertz CT molecular complexity index is 408. The molecule has 1 N–H and O–H groups in total. The second-order valence-electron chi connectivity index (χ2n) is 6.67. The third-order valence-electron chi connectivity index (χ3n) is 3.08. The highest BCUT2D eigenvalue weighted by molar-refractivity contribution is 5.40. The highest BCUT2D eigenvalue weighted by atomic mass is 16.5. The monoisotopic (exact) mass is 279 g/mol. The summed E-state index contributed by atoms with van der Waals surface area (Å²) in [5.74, 6) is 1.82. The highest BCUT2D eigenvalue weighted by Gasteiger charge is 2.12. The maximum absolute atomic E-state index is 5.95. The van der Waals surface area contributed by atoms with Gasteiger partial charge in [0.25, 0.3) is 0 Å². The summed E-state index contributed by atoms with van der Waals surface area (Å²) in [4.78, 5) is 0. The predicted molar refractivity (Wildman–Crippen MR) is 84.5 cm³/mol. The van der Waals surface area contributed by atoms with Gasteiger partial charge >= 0.3 is 0 Å². The first-order chi connectivity index (χ1) is 9.31. The maximum atomic E-state index is 5.95. The Morgan fingerprint density at radius 2 is 1.90 bits per heavy atom. The zero-order chi connectivity index (χ0) is 15.2. The predicted octanol–water partition coefficient (Wildman–Crippen LogP) is 4.01. The van der Waals surface area contributed by atoms with Crippen molar-refractivity contribution in [1.82, 2.24) is 5.32 Å². The van der Waals surface area contributed by atoms with E-state index in [4.69, 9.17) is 9.47 Å². The number of ether oxygens (including phenoxy) is 2. The van der Waals surface area contributed by atoms with Crippen molar-refractivity contribution in [2.24, 2.45) is 5.41 Å². The minimum absolute atomic E-state index is 0.294. The first kappa shape index (κ1) is 16.8. The average molecular weight is 279 g/mol. The van der Waals surface area contributed by atoms with E-state index in [1.54, 1.807) is 7.11 Å². The summed E-state index contributed by atoms with van der Waals surface area (Å²) < 4.78 is 11.2. The molecule has 0 fully saturated rings. The molecule has 0 unspecified atom stereocenters. The SMILES string of the molecule is COc1ccc(OCCC(C)(C)C)c(CNC(C)C)c1. The molecule has 0 aliphatic carbocycles. The number of rotatable bonds is 7. The lowest BCUT2D eigenvalue weighted by atomic mass is 9.93. The van der Waals surface area contributed by atoms with Crippen LogP contribution in [0.15, 0.2) is 18.2 Å². The smallest absolute Gasteiger partial charge is 0.124 e. The van der Waals surface area contributed by atoms with Gasteiger partial charge in [-0.05, 0) is 30.0 Å². The zero-order valence-corrected chi connectivity index (χ0v) is 13.7. The molecule has 0 saturated carbocycles. The Labute approximate surface area is 123 Å². The molecule has 0 atom stereocenters. The van der Waals surface area contributed by atoms with E-state index in [2.05, 4.69) is 39.9 Å². The Kier molecular flexibility index (Phi) is 6.34. The Morgan fingerprint density at radius 1 is 1.20 bits per heavy atom. The van der Waals surface area contributed by atoms with Gasteiger partial charge < -0.3 is 14.8 Å². The van der Waals surface area contributed by atoms with Gasteiger partial charge in [0, 0.05) is 18.2 Å². The van der Waals surface area contributed by atoms with Crippen molar-refractivity contribution in [2.45, 2.75) is 53.6 Å². The zero-order valence-electron chi connectivity index (χ0n) is 13.7. The molecule has 0 aliphatic rings. The van der Waals surface area contributed by atoms with E-state index in [9.17, 15) is 0 Å². The second kappa shape index (κ2) is 7.53. The van der Waals surface area contributed by atoms with Crippen LogP contribution in [0.3, 0.4) is 0 Å². The third-order valence-corrected chi connectivity index (χ3v) is 3.08. The minimum atomic E-state index is 0.294. The van der Waals surface area contributed by atoms with E-state index in [-0.39, 0.29) is 0 Å².